The van der Waals surface area contributed by atoms with Crippen LogP contribution in [0.4, 0.5) is 21.5 Å². The van der Waals surface area contributed by atoms with Crippen LogP contribution >= 0.6 is 34.8 Å². The molecule has 0 saturated carbocycles. The summed E-state index contributed by atoms with van der Waals surface area (Å²) in [4.78, 5) is 25.3. The van der Waals surface area contributed by atoms with E-state index in [2.05, 4.69) is 10.6 Å². The second kappa shape index (κ2) is 8.78. The van der Waals surface area contributed by atoms with E-state index in [9.17, 15) is 19.3 Å². The van der Waals surface area contributed by atoms with Crippen molar-refractivity contribution in [3.63, 3.8) is 0 Å². The second-order valence-electron chi connectivity index (χ2n) is 6.19. The Balaban J connectivity index is 1.73. The fraction of sp³-hybridized carbons (Fsp3) is 0.222. The lowest BCUT2D eigenvalue weighted by Crippen LogP contribution is -2.34. The smallest absolute Gasteiger partial charge is 0.293 e. The standard InChI is InChI=1S/C18H16FIN4O3S/c19-13-10-12(20)4-5-14(13)21-18(28)22-17(25)11-3-6-15(16(9-11)24(26)27)23-7-1-2-8-23/h3-6,9-10H,1-2,7-8H2,(H2,21,22,25,28). The molecular weight excluding hydrogens is 498 g/mol. The lowest BCUT2D eigenvalue weighted by atomic mass is 10.1. The highest BCUT2D eigenvalue weighted by molar-refractivity contribution is 14.1. The van der Waals surface area contributed by atoms with Gasteiger partial charge in [0.1, 0.15) is 11.5 Å². The Morgan fingerprint density at radius 1 is 1.21 bits per heavy atom. The first-order chi connectivity index (χ1) is 13.3. The number of thiocarbonyl (C=S) groups is 1. The highest BCUT2D eigenvalue weighted by Crippen LogP contribution is 2.31. The largest absolute Gasteiger partial charge is 0.366 e. The van der Waals surface area contributed by atoms with Crippen molar-refractivity contribution < 1.29 is 14.1 Å². The van der Waals surface area contributed by atoms with Crippen molar-refractivity contribution in [2.24, 2.45) is 0 Å². The molecule has 3 rings (SSSR count). The van der Waals surface area contributed by atoms with Gasteiger partial charge < -0.3 is 10.2 Å². The summed E-state index contributed by atoms with van der Waals surface area (Å²) < 4.78 is 14.6. The van der Waals surface area contributed by atoms with Crippen molar-refractivity contribution in [2.75, 3.05) is 23.3 Å². The van der Waals surface area contributed by atoms with Gasteiger partial charge in [0.15, 0.2) is 5.11 Å². The van der Waals surface area contributed by atoms with Crippen LogP contribution < -0.4 is 15.5 Å². The number of anilines is 2. The van der Waals surface area contributed by atoms with Crippen molar-refractivity contribution in [2.45, 2.75) is 12.8 Å². The summed E-state index contributed by atoms with van der Waals surface area (Å²) in [6.07, 6.45) is 1.96. The normalized spacial score (nSPS) is 13.3. The zero-order valence-electron chi connectivity index (χ0n) is 14.6. The summed E-state index contributed by atoms with van der Waals surface area (Å²) in [7, 11) is 0. The number of carbonyl (C=O) groups is 1. The second-order valence-corrected chi connectivity index (χ2v) is 7.84. The molecule has 1 fully saturated rings. The summed E-state index contributed by atoms with van der Waals surface area (Å²) in [5.74, 6) is -1.12. The summed E-state index contributed by atoms with van der Waals surface area (Å²) in [5.41, 5.74) is 0.598. The van der Waals surface area contributed by atoms with Gasteiger partial charge in [-0.05, 0) is 78.0 Å². The van der Waals surface area contributed by atoms with Gasteiger partial charge in [0.25, 0.3) is 11.6 Å². The van der Waals surface area contributed by atoms with E-state index in [0.29, 0.717) is 5.69 Å². The lowest BCUT2D eigenvalue weighted by molar-refractivity contribution is -0.384. The van der Waals surface area contributed by atoms with E-state index in [1.54, 1.807) is 12.1 Å². The Labute approximate surface area is 179 Å². The Hall–Kier alpha value is -2.34. The van der Waals surface area contributed by atoms with Crippen LogP contribution in [0.2, 0.25) is 0 Å². The minimum Gasteiger partial charge on any atom is -0.366 e. The molecule has 0 atom stereocenters. The van der Waals surface area contributed by atoms with Gasteiger partial charge >= 0.3 is 0 Å². The minimum absolute atomic E-state index is 0.0990. The number of nitro groups is 1. The summed E-state index contributed by atoms with van der Waals surface area (Å²) in [5, 5.41) is 16.4. The number of nitrogens with one attached hydrogen (secondary N) is 2. The van der Waals surface area contributed by atoms with E-state index in [1.807, 2.05) is 27.5 Å². The third kappa shape index (κ3) is 4.73. The Kier molecular flexibility index (Phi) is 6.39. The van der Waals surface area contributed by atoms with Crippen LogP contribution in [0.1, 0.15) is 23.2 Å². The van der Waals surface area contributed by atoms with Gasteiger partial charge in [-0.2, -0.15) is 0 Å². The van der Waals surface area contributed by atoms with E-state index < -0.39 is 16.6 Å². The Morgan fingerprint density at radius 2 is 1.93 bits per heavy atom. The Morgan fingerprint density at radius 3 is 2.57 bits per heavy atom. The predicted octanol–water partition coefficient (Wildman–Crippen LogP) is 4.07. The molecule has 1 heterocycles. The average molecular weight is 514 g/mol. The monoisotopic (exact) mass is 514 g/mol. The number of amides is 1. The molecule has 1 amide bonds. The number of nitrogens with zero attached hydrogens (tertiary/aromatic N) is 2. The molecule has 1 aliphatic rings. The van der Waals surface area contributed by atoms with Gasteiger partial charge in [-0.25, -0.2) is 4.39 Å². The van der Waals surface area contributed by atoms with Gasteiger partial charge in [0.2, 0.25) is 0 Å². The van der Waals surface area contributed by atoms with Crippen LogP contribution in [0, 0.1) is 19.5 Å². The van der Waals surface area contributed by atoms with Gasteiger partial charge in [-0.1, -0.05) is 0 Å². The third-order valence-electron chi connectivity index (χ3n) is 4.29. The molecule has 0 spiro atoms. The molecule has 146 valence electrons. The van der Waals surface area contributed by atoms with Gasteiger partial charge in [-0.15, -0.1) is 0 Å². The van der Waals surface area contributed by atoms with Crippen LogP contribution in [0.3, 0.4) is 0 Å². The first-order valence-corrected chi connectivity index (χ1v) is 9.94. The molecule has 10 heteroatoms. The molecule has 2 aromatic rings. The summed E-state index contributed by atoms with van der Waals surface area (Å²) in [6, 6.07) is 8.85. The van der Waals surface area contributed by atoms with E-state index in [1.165, 1.54) is 24.3 Å². The van der Waals surface area contributed by atoms with Crippen molar-refractivity contribution in [3.8, 4) is 0 Å². The number of rotatable bonds is 4. The van der Waals surface area contributed by atoms with E-state index in [-0.39, 0.29) is 22.1 Å². The molecule has 0 bridgehead atoms. The predicted molar refractivity (Wildman–Crippen MR) is 117 cm³/mol. The minimum atomic E-state index is -0.612. The fourth-order valence-electron chi connectivity index (χ4n) is 2.96. The zero-order chi connectivity index (χ0) is 20.3. The molecule has 2 aromatic carbocycles. The van der Waals surface area contributed by atoms with Crippen LogP contribution in [0.5, 0.6) is 0 Å². The third-order valence-corrected chi connectivity index (χ3v) is 5.16. The molecule has 28 heavy (non-hydrogen) atoms. The maximum Gasteiger partial charge on any atom is 0.293 e. The van der Waals surface area contributed by atoms with Crippen LogP contribution in [-0.2, 0) is 0 Å². The van der Waals surface area contributed by atoms with Gasteiger partial charge in [0, 0.05) is 28.3 Å². The van der Waals surface area contributed by atoms with E-state index in [0.717, 1.165) is 29.5 Å². The van der Waals surface area contributed by atoms with Gasteiger partial charge in [-0.3, -0.25) is 20.2 Å². The van der Waals surface area contributed by atoms with Crippen molar-refractivity contribution in [1.82, 2.24) is 5.32 Å². The molecular formula is C18H16FIN4O3S. The van der Waals surface area contributed by atoms with E-state index >= 15 is 0 Å². The van der Waals surface area contributed by atoms with Crippen LogP contribution in [0.25, 0.3) is 0 Å². The molecule has 1 aliphatic heterocycles. The lowest BCUT2D eigenvalue weighted by Gasteiger charge is -2.18. The average Bonchev–Trinajstić information content (AvgIpc) is 3.18. The Bertz CT molecular complexity index is 950. The summed E-state index contributed by atoms with van der Waals surface area (Å²) in [6.45, 7) is 1.50. The van der Waals surface area contributed by atoms with E-state index in [4.69, 9.17) is 12.2 Å². The first-order valence-electron chi connectivity index (χ1n) is 8.46. The summed E-state index contributed by atoms with van der Waals surface area (Å²) >= 11 is 7.03. The molecule has 0 aliphatic carbocycles. The highest BCUT2D eigenvalue weighted by atomic mass is 127. The van der Waals surface area contributed by atoms with Gasteiger partial charge in [0.05, 0.1) is 10.6 Å². The number of hydrogen-bond donors (Lipinski definition) is 2. The number of nitro benzene ring substituents is 1. The van der Waals surface area contributed by atoms with Crippen molar-refractivity contribution in [3.05, 3.63) is 61.5 Å². The van der Waals surface area contributed by atoms with Crippen molar-refractivity contribution >= 4 is 62.9 Å². The molecule has 0 aromatic heterocycles. The van der Waals surface area contributed by atoms with Crippen LogP contribution in [0.15, 0.2) is 36.4 Å². The zero-order valence-corrected chi connectivity index (χ0v) is 17.5. The number of benzene rings is 2. The highest BCUT2D eigenvalue weighted by Gasteiger charge is 2.24. The molecule has 0 unspecified atom stereocenters. The number of hydrogen-bond acceptors (Lipinski definition) is 5. The maximum absolute atomic E-state index is 13.9. The molecule has 7 nitrogen and oxygen atoms in total. The topological polar surface area (TPSA) is 87.5 Å². The fourth-order valence-corrected chi connectivity index (χ4v) is 3.61. The SMILES string of the molecule is O=C(NC(=S)Nc1ccc(I)cc1F)c1ccc(N2CCCC2)c([N+](=O)[O-])c1. The quantitative estimate of drug-likeness (QED) is 0.277. The first kappa shape index (κ1) is 20.4. The maximum atomic E-state index is 13.9. The number of carbonyl (C=O) groups excluding carboxylic acids is 1. The van der Waals surface area contributed by atoms with Crippen molar-refractivity contribution in [1.29, 1.82) is 0 Å². The molecule has 1 saturated heterocycles. The molecule has 0 radical (unpaired) electrons. The number of halogens is 2. The molecule has 2 N–H and O–H groups in total. The van der Waals surface area contributed by atoms with Crippen LogP contribution in [-0.4, -0.2) is 29.0 Å².